The second-order valence-electron chi connectivity index (χ2n) is 6.26. The molecular formula is C21H22FNO2. The number of halogens is 1. The topological polar surface area (TPSA) is 29.5 Å². The van der Waals surface area contributed by atoms with Gasteiger partial charge in [0, 0.05) is 17.7 Å². The summed E-state index contributed by atoms with van der Waals surface area (Å²) in [5.41, 5.74) is 2.30. The van der Waals surface area contributed by atoms with Crippen LogP contribution in [0.2, 0.25) is 0 Å². The number of benzene rings is 2. The number of hydrogen-bond donors (Lipinski definition) is 0. The van der Waals surface area contributed by atoms with Gasteiger partial charge in [-0.1, -0.05) is 18.2 Å². The molecule has 0 N–H and O–H groups in total. The first-order valence-electron chi connectivity index (χ1n) is 8.53. The van der Waals surface area contributed by atoms with E-state index in [0.29, 0.717) is 11.1 Å². The Kier molecular flexibility index (Phi) is 5.61. The van der Waals surface area contributed by atoms with Gasteiger partial charge in [-0.15, -0.1) is 0 Å². The van der Waals surface area contributed by atoms with Gasteiger partial charge in [0.15, 0.2) is 5.78 Å². The minimum absolute atomic E-state index is 0.102. The molecule has 25 heavy (non-hydrogen) atoms. The van der Waals surface area contributed by atoms with Gasteiger partial charge in [0.2, 0.25) is 0 Å². The van der Waals surface area contributed by atoms with Crippen LogP contribution in [-0.2, 0) is 6.54 Å². The first-order chi connectivity index (χ1) is 12.2. The van der Waals surface area contributed by atoms with Crippen molar-refractivity contribution in [3.8, 4) is 5.75 Å². The zero-order chi connectivity index (χ0) is 17.6. The fourth-order valence-corrected chi connectivity index (χ4v) is 3.12. The summed E-state index contributed by atoms with van der Waals surface area (Å²) in [7, 11) is 1.65. The third-order valence-electron chi connectivity index (χ3n) is 4.43. The maximum Gasteiger partial charge on any atom is 0.185 e. The van der Waals surface area contributed by atoms with Crippen molar-refractivity contribution in [1.82, 2.24) is 4.90 Å². The van der Waals surface area contributed by atoms with Crippen LogP contribution in [0.3, 0.4) is 0 Å². The van der Waals surface area contributed by atoms with E-state index in [1.807, 2.05) is 12.1 Å². The lowest BCUT2D eigenvalue weighted by molar-refractivity contribution is 0.104. The molecule has 2 aromatic rings. The molecule has 130 valence electrons. The van der Waals surface area contributed by atoms with Crippen LogP contribution in [0.15, 0.2) is 48.5 Å². The third kappa shape index (κ3) is 4.54. The summed E-state index contributed by atoms with van der Waals surface area (Å²) in [4.78, 5) is 14.8. The van der Waals surface area contributed by atoms with Gasteiger partial charge in [-0.25, -0.2) is 4.39 Å². The average molecular weight is 339 g/mol. The lowest BCUT2D eigenvalue weighted by Crippen LogP contribution is -2.19. The lowest BCUT2D eigenvalue weighted by atomic mass is 10.0. The number of ketones is 1. The van der Waals surface area contributed by atoms with E-state index < -0.39 is 0 Å². The van der Waals surface area contributed by atoms with Crippen LogP contribution < -0.4 is 4.74 Å². The summed E-state index contributed by atoms with van der Waals surface area (Å²) in [5, 5.41) is 0. The van der Waals surface area contributed by atoms with E-state index in [1.165, 1.54) is 31.1 Å². The normalized spacial score (nSPS) is 15.0. The Bertz CT molecular complexity index is 779. The van der Waals surface area contributed by atoms with Crippen LogP contribution in [0.25, 0.3) is 6.08 Å². The van der Waals surface area contributed by atoms with E-state index in [4.69, 9.17) is 4.74 Å². The molecule has 3 nitrogen and oxygen atoms in total. The smallest absolute Gasteiger partial charge is 0.185 e. The van der Waals surface area contributed by atoms with Crippen LogP contribution in [0.5, 0.6) is 5.75 Å². The first-order valence-corrected chi connectivity index (χ1v) is 8.53. The summed E-state index contributed by atoms with van der Waals surface area (Å²) in [6, 6.07) is 11.7. The summed E-state index contributed by atoms with van der Waals surface area (Å²) in [5.74, 6) is 0.388. The Labute approximate surface area is 147 Å². The van der Waals surface area contributed by atoms with Gasteiger partial charge in [0.05, 0.1) is 7.11 Å². The highest BCUT2D eigenvalue weighted by Crippen LogP contribution is 2.24. The van der Waals surface area contributed by atoms with Crippen LogP contribution >= 0.6 is 0 Å². The van der Waals surface area contributed by atoms with Crippen molar-refractivity contribution in [2.45, 2.75) is 19.4 Å². The third-order valence-corrected chi connectivity index (χ3v) is 4.43. The Morgan fingerprint density at radius 2 is 2.00 bits per heavy atom. The molecule has 3 rings (SSSR count). The molecule has 1 aliphatic heterocycles. The largest absolute Gasteiger partial charge is 0.496 e. The van der Waals surface area contributed by atoms with Gasteiger partial charge in [-0.3, -0.25) is 9.69 Å². The summed E-state index contributed by atoms with van der Waals surface area (Å²) >= 11 is 0. The van der Waals surface area contributed by atoms with Crippen molar-refractivity contribution < 1.29 is 13.9 Å². The number of nitrogens with zero attached hydrogens (tertiary/aromatic N) is 1. The van der Waals surface area contributed by atoms with Gasteiger partial charge >= 0.3 is 0 Å². The maximum absolute atomic E-state index is 13.2. The zero-order valence-corrected chi connectivity index (χ0v) is 14.4. The second-order valence-corrected chi connectivity index (χ2v) is 6.26. The highest BCUT2D eigenvalue weighted by atomic mass is 19.1. The molecule has 2 aromatic carbocycles. The molecule has 0 amide bonds. The highest BCUT2D eigenvalue weighted by molar-refractivity contribution is 6.07. The number of carbonyl (C=O) groups is 1. The number of likely N-dealkylation sites (tertiary alicyclic amines) is 1. The number of allylic oxidation sites excluding steroid dienone is 1. The highest BCUT2D eigenvalue weighted by Gasteiger charge is 2.15. The fourth-order valence-electron chi connectivity index (χ4n) is 3.12. The molecule has 1 saturated heterocycles. The van der Waals surface area contributed by atoms with Crippen LogP contribution in [-0.4, -0.2) is 30.9 Å². The molecule has 4 heteroatoms. The summed E-state index contributed by atoms with van der Waals surface area (Å²) < 4.78 is 18.6. The SMILES string of the molecule is COc1ccc(C(=O)/C=C/c2cccc(F)c2)cc1CN1CCCC1. The molecule has 0 unspecified atom stereocenters. The van der Waals surface area contributed by atoms with Crippen molar-refractivity contribution >= 4 is 11.9 Å². The molecule has 0 bridgehead atoms. The Balaban J connectivity index is 1.77. The minimum atomic E-state index is -0.313. The van der Waals surface area contributed by atoms with Gasteiger partial charge < -0.3 is 4.74 Å². The van der Waals surface area contributed by atoms with Crippen molar-refractivity contribution in [1.29, 1.82) is 0 Å². The molecule has 1 aliphatic rings. The number of carbonyl (C=O) groups excluding carboxylic acids is 1. The van der Waals surface area contributed by atoms with Crippen molar-refractivity contribution in [2.24, 2.45) is 0 Å². The van der Waals surface area contributed by atoms with E-state index in [0.717, 1.165) is 30.9 Å². The predicted molar refractivity (Wildman–Crippen MR) is 97.3 cm³/mol. The fraction of sp³-hybridized carbons (Fsp3) is 0.286. The minimum Gasteiger partial charge on any atom is -0.496 e. The monoisotopic (exact) mass is 339 g/mol. The molecule has 1 heterocycles. The predicted octanol–water partition coefficient (Wildman–Crippen LogP) is 4.33. The van der Waals surface area contributed by atoms with Crippen LogP contribution in [0.1, 0.15) is 34.3 Å². The molecular weight excluding hydrogens is 317 g/mol. The van der Waals surface area contributed by atoms with Crippen molar-refractivity contribution in [3.05, 3.63) is 71.0 Å². The number of hydrogen-bond acceptors (Lipinski definition) is 3. The Morgan fingerprint density at radius 3 is 2.72 bits per heavy atom. The van der Waals surface area contributed by atoms with Crippen molar-refractivity contribution in [2.75, 3.05) is 20.2 Å². The molecule has 0 radical (unpaired) electrons. The maximum atomic E-state index is 13.2. The second kappa shape index (κ2) is 8.08. The van der Waals surface area contributed by atoms with E-state index in [-0.39, 0.29) is 11.6 Å². The molecule has 0 atom stereocenters. The average Bonchev–Trinajstić information content (AvgIpc) is 3.13. The molecule has 0 saturated carbocycles. The molecule has 0 aliphatic carbocycles. The van der Waals surface area contributed by atoms with Gasteiger partial charge in [-0.2, -0.15) is 0 Å². The first kappa shape index (κ1) is 17.4. The van der Waals surface area contributed by atoms with Gasteiger partial charge in [0.1, 0.15) is 11.6 Å². The van der Waals surface area contributed by atoms with E-state index in [9.17, 15) is 9.18 Å². The molecule has 0 aromatic heterocycles. The summed E-state index contributed by atoms with van der Waals surface area (Å²) in [6.07, 6.45) is 5.56. The quantitative estimate of drug-likeness (QED) is 0.580. The Morgan fingerprint density at radius 1 is 1.20 bits per heavy atom. The summed E-state index contributed by atoms with van der Waals surface area (Å²) in [6.45, 7) is 2.96. The number of methoxy groups -OCH3 is 1. The standard InChI is InChI=1S/C21H22FNO2/c1-25-21-10-8-17(14-18(21)15-23-11-2-3-12-23)20(24)9-7-16-5-4-6-19(22)13-16/h4-10,13-14H,2-3,11-12,15H2,1H3/b9-7+. The van der Waals surface area contributed by atoms with Crippen LogP contribution in [0.4, 0.5) is 4.39 Å². The Hall–Kier alpha value is -2.46. The molecule has 0 spiro atoms. The van der Waals surface area contributed by atoms with Crippen LogP contribution in [0, 0.1) is 5.82 Å². The zero-order valence-electron chi connectivity index (χ0n) is 14.4. The van der Waals surface area contributed by atoms with Gasteiger partial charge in [-0.05, 0) is 67.9 Å². The van der Waals surface area contributed by atoms with E-state index >= 15 is 0 Å². The number of ether oxygens (including phenoxy) is 1. The lowest BCUT2D eigenvalue weighted by Gasteiger charge is -2.17. The van der Waals surface area contributed by atoms with Crippen molar-refractivity contribution in [3.63, 3.8) is 0 Å². The number of rotatable bonds is 6. The molecule has 1 fully saturated rings. The van der Waals surface area contributed by atoms with E-state index in [2.05, 4.69) is 4.90 Å². The van der Waals surface area contributed by atoms with Gasteiger partial charge in [0.25, 0.3) is 0 Å². The van der Waals surface area contributed by atoms with E-state index in [1.54, 1.807) is 31.4 Å².